The second kappa shape index (κ2) is 5.32. The third-order valence-corrected chi connectivity index (χ3v) is 2.97. The number of hydrogen-bond donors (Lipinski definition) is 1. The lowest BCUT2D eigenvalue weighted by atomic mass is 10.1. The molecule has 4 nitrogen and oxygen atoms in total. The van der Waals surface area contributed by atoms with Crippen LogP contribution in [0.4, 0.5) is 14.5 Å². The Bertz CT molecular complexity index is 786. The van der Waals surface area contributed by atoms with Crippen LogP contribution in [0, 0.1) is 11.6 Å². The van der Waals surface area contributed by atoms with Crippen LogP contribution in [0.25, 0.3) is 11.5 Å². The number of anilines is 1. The summed E-state index contributed by atoms with van der Waals surface area (Å²) >= 11 is 0. The fourth-order valence-electron chi connectivity index (χ4n) is 1.98. The molecule has 0 fully saturated rings. The summed E-state index contributed by atoms with van der Waals surface area (Å²) in [5, 5.41) is 3.80. The lowest BCUT2D eigenvalue weighted by molar-refractivity contribution is 0.423. The molecular weight excluding hydrogens is 276 g/mol. The molecule has 2 aromatic carbocycles. The lowest BCUT2D eigenvalue weighted by Gasteiger charge is -1.99. The number of nitrogens with two attached hydrogens (primary N) is 1. The maximum atomic E-state index is 13.2. The molecule has 0 saturated heterocycles. The van der Waals surface area contributed by atoms with Crippen molar-refractivity contribution in [3.05, 3.63) is 65.5 Å². The SMILES string of the molecule is Nc1ccc(F)cc1-c1nc(Cc2cccc(F)c2)no1. The van der Waals surface area contributed by atoms with Crippen molar-refractivity contribution in [3.63, 3.8) is 0 Å². The van der Waals surface area contributed by atoms with Gasteiger partial charge >= 0.3 is 0 Å². The summed E-state index contributed by atoms with van der Waals surface area (Å²) in [4.78, 5) is 4.16. The topological polar surface area (TPSA) is 64.9 Å². The van der Waals surface area contributed by atoms with Gasteiger partial charge in [0.25, 0.3) is 5.89 Å². The summed E-state index contributed by atoms with van der Waals surface area (Å²) in [6.07, 6.45) is 0.316. The van der Waals surface area contributed by atoms with Gasteiger partial charge in [0.05, 0.1) is 5.56 Å². The van der Waals surface area contributed by atoms with Gasteiger partial charge in [-0.3, -0.25) is 0 Å². The summed E-state index contributed by atoms with van der Waals surface area (Å²) in [5.41, 5.74) is 7.16. The fourth-order valence-corrected chi connectivity index (χ4v) is 1.98. The first-order valence-corrected chi connectivity index (χ1v) is 6.24. The van der Waals surface area contributed by atoms with Crippen molar-refractivity contribution >= 4 is 5.69 Å². The van der Waals surface area contributed by atoms with Gasteiger partial charge in [-0.15, -0.1) is 0 Å². The summed E-state index contributed by atoms with van der Waals surface area (Å²) < 4.78 is 31.4. The molecular formula is C15H11F2N3O. The average molecular weight is 287 g/mol. The predicted molar refractivity (Wildman–Crippen MR) is 73.3 cm³/mol. The van der Waals surface area contributed by atoms with Gasteiger partial charge in [-0.2, -0.15) is 4.98 Å². The van der Waals surface area contributed by atoms with Crippen LogP contribution in [0.5, 0.6) is 0 Å². The molecule has 6 heteroatoms. The number of hydrogen-bond acceptors (Lipinski definition) is 4. The highest BCUT2D eigenvalue weighted by molar-refractivity contribution is 5.70. The maximum absolute atomic E-state index is 13.2. The molecule has 0 radical (unpaired) electrons. The average Bonchev–Trinajstić information content (AvgIpc) is 2.90. The Hall–Kier alpha value is -2.76. The highest BCUT2D eigenvalue weighted by Gasteiger charge is 2.13. The molecule has 1 aromatic heterocycles. The molecule has 1 heterocycles. The van der Waals surface area contributed by atoms with Gasteiger partial charge < -0.3 is 10.3 Å². The van der Waals surface area contributed by atoms with Crippen molar-refractivity contribution in [2.45, 2.75) is 6.42 Å². The number of benzene rings is 2. The van der Waals surface area contributed by atoms with Crippen LogP contribution in [-0.2, 0) is 6.42 Å². The quantitative estimate of drug-likeness (QED) is 0.751. The van der Waals surface area contributed by atoms with Crippen LogP contribution < -0.4 is 5.73 Å². The molecule has 0 saturated carbocycles. The van der Waals surface area contributed by atoms with Crippen molar-refractivity contribution in [2.75, 3.05) is 5.73 Å². The van der Waals surface area contributed by atoms with Gasteiger partial charge in [0.15, 0.2) is 5.82 Å². The molecule has 2 N–H and O–H groups in total. The number of nitrogens with zero attached hydrogens (tertiary/aromatic N) is 2. The smallest absolute Gasteiger partial charge is 0.260 e. The Morgan fingerprint density at radius 3 is 2.67 bits per heavy atom. The molecule has 0 bridgehead atoms. The monoisotopic (exact) mass is 287 g/mol. The molecule has 21 heavy (non-hydrogen) atoms. The zero-order valence-corrected chi connectivity index (χ0v) is 10.9. The maximum Gasteiger partial charge on any atom is 0.260 e. The molecule has 0 amide bonds. The second-order valence-electron chi connectivity index (χ2n) is 4.55. The van der Waals surface area contributed by atoms with E-state index in [9.17, 15) is 8.78 Å². The molecule has 106 valence electrons. The third kappa shape index (κ3) is 2.89. The van der Waals surface area contributed by atoms with E-state index in [4.69, 9.17) is 10.3 Å². The summed E-state index contributed by atoms with van der Waals surface area (Å²) in [6.45, 7) is 0. The Kier molecular flexibility index (Phi) is 3.35. The van der Waals surface area contributed by atoms with Gasteiger partial charge in [0, 0.05) is 12.1 Å². The minimum absolute atomic E-state index is 0.137. The van der Waals surface area contributed by atoms with E-state index in [0.29, 0.717) is 23.5 Å². The molecule has 0 aliphatic carbocycles. The summed E-state index contributed by atoms with van der Waals surface area (Å²) in [6, 6.07) is 10.0. The largest absolute Gasteiger partial charge is 0.398 e. The first-order chi connectivity index (χ1) is 10.1. The van der Waals surface area contributed by atoms with Crippen molar-refractivity contribution in [3.8, 4) is 11.5 Å². The van der Waals surface area contributed by atoms with E-state index in [-0.39, 0.29) is 11.7 Å². The van der Waals surface area contributed by atoms with Crippen LogP contribution in [-0.4, -0.2) is 10.1 Å². The van der Waals surface area contributed by atoms with E-state index in [1.807, 2.05) is 0 Å². The minimum Gasteiger partial charge on any atom is -0.398 e. The van der Waals surface area contributed by atoms with E-state index in [1.54, 1.807) is 12.1 Å². The van der Waals surface area contributed by atoms with Crippen LogP contribution in [0.3, 0.4) is 0 Å². The Labute approximate surface area is 119 Å². The normalized spacial score (nSPS) is 10.8. The highest BCUT2D eigenvalue weighted by Crippen LogP contribution is 2.25. The van der Waals surface area contributed by atoms with Gasteiger partial charge in [-0.1, -0.05) is 17.3 Å². The van der Waals surface area contributed by atoms with Crippen molar-refractivity contribution in [1.29, 1.82) is 0 Å². The van der Waals surface area contributed by atoms with Gasteiger partial charge in [0.2, 0.25) is 0 Å². The van der Waals surface area contributed by atoms with Crippen molar-refractivity contribution < 1.29 is 13.3 Å². The van der Waals surface area contributed by atoms with E-state index in [0.717, 1.165) is 5.56 Å². The number of aromatic nitrogens is 2. The second-order valence-corrected chi connectivity index (χ2v) is 4.55. The van der Waals surface area contributed by atoms with E-state index in [1.165, 1.54) is 30.3 Å². The van der Waals surface area contributed by atoms with Crippen molar-refractivity contribution in [2.24, 2.45) is 0 Å². The lowest BCUT2D eigenvalue weighted by Crippen LogP contribution is -1.93. The highest BCUT2D eigenvalue weighted by atomic mass is 19.1. The van der Waals surface area contributed by atoms with Gasteiger partial charge in [-0.25, -0.2) is 8.78 Å². The van der Waals surface area contributed by atoms with Gasteiger partial charge in [-0.05, 0) is 35.9 Å². The standard InChI is InChI=1S/C15H11F2N3O/c16-10-3-1-2-9(6-10)7-14-19-15(21-20-14)12-8-11(17)4-5-13(12)18/h1-6,8H,7,18H2. The number of nitrogen functional groups attached to an aromatic ring is 1. The van der Waals surface area contributed by atoms with Gasteiger partial charge in [0.1, 0.15) is 11.6 Å². The third-order valence-electron chi connectivity index (χ3n) is 2.97. The Morgan fingerprint density at radius 2 is 1.86 bits per heavy atom. The number of rotatable bonds is 3. The zero-order chi connectivity index (χ0) is 14.8. The summed E-state index contributed by atoms with van der Waals surface area (Å²) in [5.74, 6) is -0.257. The molecule has 0 unspecified atom stereocenters. The molecule has 3 aromatic rings. The van der Waals surface area contributed by atoms with E-state index in [2.05, 4.69) is 10.1 Å². The zero-order valence-electron chi connectivity index (χ0n) is 10.9. The van der Waals surface area contributed by atoms with Crippen LogP contribution in [0.15, 0.2) is 47.0 Å². The summed E-state index contributed by atoms with van der Waals surface area (Å²) in [7, 11) is 0. The molecule has 0 atom stereocenters. The minimum atomic E-state index is -0.441. The van der Waals surface area contributed by atoms with Crippen LogP contribution in [0.2, 0.25) is 0 Å². The fraction of sp³-hybridized carbons (Fsp3) is 0.0667. The first kappa shape index (κ1) is 13.2. The molecule has 0 aliphatic rings. The van der Waals surface area contributed by atoms with Crippen LogP contribution >= 0.6 is 0 Å². The number of halogens is 2. The Balaban J connectivity index is 1.88. The van der Waals surface area contributed by atoms with Crippen molar-refractivity contribution in [1.82, 2.24) is 10.1 Å². The van der Waals surface area contributed by atoms with E-state index >= 15 is 0 Å². The Morgan fingerprint density at radius 1 is 1.05 bits per heavy atom. The predicted octanol–water partition coefficient (Wildman–Crippen LogP) is 3.19. The first-order valence-electron chi connectivity index (χ1n) is 6.24. The molecule has 0 aliphatic heterocycles. The van der Waals surface area contributed by atoms with E-state index < -0.39 is 5.82 Å². The molecule has 3 rings (SSSR count). The van der Waals surface area contributed by atoms with Crippen LogP contribution in [0.1, 0.15) is 11.4 Å². The molecule has 0 spiro atoms.